The molecule has 2 aromatic rings. The molecule has 2 atom stereocenters. The number of ether oxygens (including phenoxy) is 2. The molecule has 0 saturated carbocycles. The number of hydrogen-bond donors (Lipinski definition) is 1. The molecule has 0 radical (unpaired) electrons. The molecule has 2 aliphatic rings. The monoisotopic (exact) mass is 552 g/mol. The Kier molecular flexibility index (Phi) is 13.2. The van der Waals surface area contributed by atoms with E-state index < -0.39 is 0 Å². The van der Waals surface area contributed by atoms with Gasteiger partial charge < -0.3 is 25.0 Å². The van der Waals surface area contributed by atoms with E-state index in [1.165, 1.54) is 11.1 Å². The van der Waals surface area contributed by atoms with Crippen molar-refractivity contribution in [3.05, 3.63) is 53.6 Å². The molecule has 1 amide bonds. The number of likely N-dealkylation sites (tertiary alicyclic amines) is 1. The Morgan fingerprint density at radius 2 is 1.82 bits per heavy atom. The van der Waals surface area contributed by atoms with Crippen LogP contribution in [0.2, 0.25) is 0 Å². The van der Waals surface area contributed by atoms with Crippen LogP contribution in [0.25, 0.3) is 0 Å². The predicted octanol–water partition coefficient (Wildman–Crippen LogP) is 5.67. The van der Waals surface area contributed by atoms with Crippen LogP contribution in [0.15, 0.2) is 42.5 Å². The second kappa shape index (κ2) is 16.6. The lowest BCUT2D eigenvalue weighted by atomic mass is 9.95. The number of nitrogens with zero attached hydrogens (tertiary/aromatic N) is 3. The second-order valence-corrected chi connectivity index (χ2v) is 10.8. The molecule has 2 unspecified atom stereocenters. The predicted molar refractivity (Wildman–Crippen MR) is 165 cm³/mol. The summed E-state index contributed by atoms with van der Waals surface area (Å²) in [7, 11) is 2.17. The number of fused-ring (bicyclic) bond motifs is 1. The van der Waals surface area contributed by atoms with Gasteiger partial charge in [-0.15, -0.1) is 0 Å². The molecular weight excluding hydrogens is 500 g/mol. The van der Waals surface area contributed by atoms with Crippen molar-refractivity contribution < 1.29 is 14.3 Å². The molecule has 0 aliphatic carbocycles. The third-order valence-corrected chi connectivity index (χ3v) is 7.99. The number of benzene rings is 2. The summed E-state index contributed by atoms with van der Waals surface area (Å²) in [6, 6.07) is 15.1. The number of aryl methyl sites for hydroxylation is 1. The molecule has 7 nitrogen and oxygen atoms in total. The first-order valence-electron chi connectivity index (χ1n) is 15.4. The van der Waals surface area contributed by atoms with E-state index in [9.17, 15) is 4.79 Å². The van der Waals surface area contributed by atoms with Crippen LogP contribution in [-0.2, 0) is 11.2 Å². The number of unbranched alkanes of at least 4 members (excludes halogenated alkanes) is 1. The Morgan fingerprint density at radius 1 is 1.02 bits per heavy atom. The highest BCUT2D eigenvalue weighted by Crippen LogP contribution is 2.39. The Balaban J connectivity index is 0.00000216. The van der Waals surface area contributed by atoms with Gasteiger partial charge in [-0.05, 0) is 100 Å². The van der Waals surface area contributed by atoms with Crippen LogP contribution >= 0.6 is 0 Å². The third-order valence-electron chi connectivity index (χ3n) is 7.99. The van der Waals surface area contributed by atoms with Crippen LogP contribution < -0.4 is 20.1 Å². The number of nitrogens with two attached hydrogens (primary N) is 1. The molecule has 40 heavy (non-hydrogen) atoms. The average Bonchev–Trinajstić information content (AvgIpc) is 3.62. The van der Waals surface area contributed by atoms with E-state index in [1.54, 1.807) is 0 Å². The Hall–Kier alpha value is -2.61. The van der Waals surface area contributed by atoms with Crippen LogP contribution in [0.5, 0.6) is 11.5 Å². The van der Waals surface area contributed by atoms with E-state index in [0.717, 1.165) is 81.9 Å². The topological polar surface area (TPSA) is 71.3 Å². The average molecular weight is 553 g/mol. The van der Waals surface area contributed by atoms with E-state index in [1.807, 2.05) is 24.8 Å². The summed E-state index contributed by atoms with van der Waals surface area (Å²) < 4.78 is 11.2. The van der Waals surface area contributed by atoms with E-state index in [4.69, 9.17) is 15.2 Å². The zero-order valence-electron chi connectivity index (χ0n) is 25.5. The van der Waals surface area contributed by atoms with Gasteiger partial charge >= 0.3 is 0 Å². The number of rotatable bonds is 14. The highest BCUT2D eigenvalue weighted by molar-refractivity contribution is 5.95. The van der Waals surface area contributed by atoms with Gasteiger partial charge in [-0.3, -0.25) is 9.69 Å². The fourth-order valence-electron chi connectivity index (χ4n) is 5.65. The molecule has 1 fully saturated rings. The van der Waals surface area contributed by atoms with Crippen molar-refractivity contribution in [2.24, 2.45) is 5.73 Å². The van der Waals surface area contributed by atoms with Gasteiger partial charge in [0.05, 0.1) is 6.54 Å². The molecule has 7 heteroatoms. The lowest BCUT2D eigenvalue weighted by Gasteiger charge is -2.30. The molecule has 2 aromatic carbocycles. The molecule has 2 heterocycles. The first kappa shape index (κ1) is 31.9. The SMILES string of the molecule is CC.CCCCN(C(=O)CN1CC(c2ccc3c(c2)OCO3)CC1CCN(C)CCCN)c1cccc(CC)c1. The summed E-state index contributed by atoms with van der Waals surface area (Å²) in [5, 5.41) is 0. The maximum atomic E-state index is 13.9. The maximum absolute atomic E-state index is 13.9. The van der Waals surface area contributed by atoms with Crippen molar-refractivity contribution in [2.45, 2.75) is 78.2 Å². The van der Waals surface area contributed by atoms with Gasteiger partial charge in [0.1, 0.15) is 0 Å². The van der Waals surface area contributed by atoms with Gasteiger partial charge in [-0.1, -0.05) is 52.3 Å². The van der Waals surface area contributed by atoms with Crippen LogP contribution in [-0.4, -0.2) is 74.9 Å². The van der Waals surface area contributed by atoms with Crippen molar-refractivity contribution in [3.8, 4) is 11.5 Å². The summed E-state index contributed by atoms with van der Waals surface area (Å²) in [5.74, 6) is 2.21. The van der Waals surface area contributed by atoms with Gasteiger partial charge in [-0.2, -0.15) is 0 Å². The molecule has 222 valence electrons. The normalized spacial score (nSPS) is 18.1. The van der Waals surface area contributed by atoms with E-state index in [2.05, 4.69) is 67.1 Å². The van der Waals surface area contributed by atoms with Gasteiger partial charge in [-0.25, -0.2) is 0 Å². The van der Waals surface area contributed by atoms with Gasteiger partial charge in [0.15, 0.2) is 11.5 Å². The number of hydrogen-bond acceptors (Lipinski definition) is 6. The maximum Gasteiger partial charge on any atom is 0.241 e. The summed E-state index contributed by atoms with van der Waals surface area (Å²) in [6.07, 6.45) is 6.11. The van der Waals surface area contributed by atoms with Crippen LogP contribution in [0.1, 0.15) is 76.8 Å². The van der Waals surface area contributed by atoms with Crippen LogP contribution in [0.4, 0.5) is 5.69 Å². The summed E-state index contributed by atoms with van der Waals surface area (Å²) >= 11 is 0. The van der Waals surface area contributed by atoms with Crippen molar-refractivity contribution in [2.75, 3.05) is 58.0 Å². The van der Waals surface area contributed by atoms with Gasteiger partial charge in [0.2, 0.25) is 12.7 Å². The third kappa shape index (κ3) is 8.69. The highest BCUT2D eigenvalue weighted by Gasteiger charge is 2.35. The molecule has 0 spiro atoms. The fraction of sp³-hybridized carbons (Fsp3) is 0.606. The second-order valence-electron chi connectivity index (χ2n) is 10.8. The minimum Gasteiger partial charge on any atom is -0.454 e. The summed E-state index contributed by atoms with van der Waals surface area (Å²) in [5.41, 5.74) is 9.28. The number of carbonyl (C=O) groups is 1. The Bertz CT molecular complexity index is 1050. The van der Waals surface area contributed by atoms with E-state index in [0.29, 0.717) is 25.0 Å². The first-order valence-corrected chi connectivity index (χ1v) is 15.4. The smallest absolute Gasteiger partial charge is 0.241 e. The first-order chi connectivity index (χ1) is 19.5. The fourth-order valence-corrected chi connectivity index (χ4v) is 5.65. The van der Waals surface area contributed by atoms with Gasteiger partial charge in [0.25, 0.3) is 0 Å². The van der Waals surface area contributed by atoms with Crippen molar-refractivity contribution in [3.63, 3.8) is 0 Å². The quantitative estimate of drug-likeness (QED) is 0.326. The van der Waals surface area contributed by atoms with Crippen molar-refractivity contribution in [1.82, 2.24) is 9.80 Å². The lowest BCUT2D eigenvalue weighted by Crippen LogP contribution is -2.43. The minimum atomic E-state index is 0.194. The van der Waals surface area contributed by atoms with Crippen molar-refractivity contribution >= 4 is 11.6 Å². The van der Waals surface area contributed by atoms with E-state index >= 15 is 0 Å². The lowest BCUT2D eigenvalue weighted by molar-refractivity contribution is -0.120. The largest absolute Gasteiger partial charge is 0.454 e. The Morgan fingerprint density at radius 3 is 2.58 bits per heavy atom. The van der Waals surface area contributed by atoms with Crippen LogP contribution in [0.3, 0.4) is 0 Å². The molecule has 1 saturated heterocycles. The van der Waals surface area contributed by atoms with E-state index in [-0.39, 0.29) is 12.7 Å². The molecule has 2 aliphatic heterocycles. The minimum absolute atomic E-state index is 0.194. The number of carbonyl (C=O) groups excluding carboxylic acids is 1. The van der Waals surface area contributed by atoms with Gasteiger partial charge in [0, 0.05) is 24.8 Å². The molecule has 0 aromatic heterocycles. The molecule has 4 rings (SSSR count). The number of amides is 1. The molecule has 2 N–H and O–H groups in total. The highest BCUT2D eigenvalue weighted by atomic mass is 16.7. The summed E-state index contributed by atoms with van der Waals surface area (Å²) in [6.45, 7) is 13.4. The number of anilines is 1. The zero-order valence-corrected chi connectivity index (χ0v) is 25.5. The van der Waals surface area contributed by atoms with Crippen molar-refractivity contribution in [1.29, 1.82) is 0 Å². The summed E-state index contributed by atoms with van der Waals surface area (Å²) in [4.78, 5) is 20.7. The van der Waals surface area contributed by atoms with Crippen LogP contribution in [0, 0.1) is 0 Å². The zero-order chi connectivity index (χ0) is 28.9. The Labute approximate surface area is 242 Å². The molecule has 0 bridgehead atoms. The standard InChI is InChI=1S/C31H46N4O3.C2H6/c1-4-6-16-35(28-10-7-9-24(5-2)18-28)31(36)22-34-21-26(19-27(34)13-17-33(3)15-8-14-32)25-11-12-29-30(20-25)38-23-37-29;1-2/h7,9-12,18,20,26-27H,4-6,8,13-17,19,21-23,32H2,1-3H3;1-2H3. The molecular formula is C33H52N4O3.